The van der Waals surface area contributed by atoms with Crippen molar-refractivity contribution in [1.29, 1.82) is 0 Å². The van der Waals surface area contributed by atoms with Gasteiger partial charge in [-0.05, 0) is 42.0 Å². The highest BCUT2D eigenvalue weighted by molar-refractivity contribution is 5.68. The maximum Gasteiger partial charge on any atom is 0.0389 e. The van der Waals surface area contributed by atoms with E-state index in [1.165, 1.54) is 5.69 Å². The summed E-state index contributed by atoms with van der Waals surface area (Å²) in [7, 11) is 4.06. The smallest absolute Gasteiger partial charge is 0.0389 e. The third kappa shape index (κ3) is 4.18. The van der Waals surface area contributed by atoms with Crippen molar-refractivity contribution in [2.45, 2.75) is 0 Å². The fourth-order valence-electron chi connectivity index (χ4n) is 1.99. The molecular formula is C17H22N4. The molecule has 4 heteroatoms. The van der Waals surface area contributed by atoms with Gasteiger partial charge in [0.05, 0.1) is 0 Å². The molecule has 4 nitrogen and oxygen atoms in total. The van der Waals surface area contributed by atoms with Crippen LogP contribution < -0.4 is 21.7 Å². The van der Waals surface area contributed by atoms with Gasteiger partial charge < -0.3 is 21.7 Å². The highest BCUT2D eigenvalue weighted by Gasteiger charge is 1.97. The summed E-state index contributed by atoms with van der Waals surface area (Å²) in [4.78, 5) is 2.08. The molecule has 5 N–H and O–H groups in total. The molecule has 21 heavy (non-hydrogen) atoms. The number of hydrogen-bond donors (Lipinski definition) is 3. The molecule has 110 valence electrons. The van der Waals surface area contributed by atoms with E-state index in [1.54, 1.807) is 6.07 Å². The first-order chi connectivity index (χ1) is 10.1. The summed E-state index contributed by atoms with van der Waals surface area (Å²) in [5.74, 6) is 0. The first-order valence-corrected chi connectivity index (χ1v) is 6.89. The van der Waals surface area contributed by atoms with Gasteiger partial charge in [-0.2, -0.15) is 0 Å². The molecule has 0 saturated heterocycles. The van der Waals surface area contributed by atoms with Gasteiger partial charge in [-0.15, -0.1) is 0 Å². The third-order valence-electron chi connectivity index (χ3n) is 3.19. The van der Waals surface area contributed by atoms with Gasteiger partial charge in [0.15, 0.2) is 0 Å². The lowest BCUT2D eigenvalue weighted by molar-refractivity contribution is 1.13. The quantitative estimate of drug-likeness (QED) is 0.737. The van der Waals surface area contributed by atoms with E-state index in [9.17, 15) is 0 Å². The molecular weight excluding hydrogens is 260 g/mol. The van der Waals surface area contributed by atoms with Gasteiger partial charge in [0.2, 0.25) is 0 Å². The fraction of sp³-hybridized carbons (Fsp3) is 0.176. The molecule has 0 fully saturated rings. The highest BCUT2D eigenvalue weighted by atomic mass is 15.1. The molecule has 2 aromatic rings. The second kappa shape index (κ2) is 6.70. The number of benzene rings is 2. The molecule has 0 unspecified atom stereocenters. The Morgan fingerprint density at radius 1 is 1.10 bits per heavy atom. The van der Waals surface area contributed by atoms with Crippen molar-refractivity contribution in [1.82, 2.24) is 0 Å². The third-order valence-corrected chi connectivity index (χ3v) is 3.19. The van der Waals surface area contributed by atoms with Gasteiger partial charge in [-0.3, -0.25) is 0 Å². The van der Waals surface area contributed by atoms with Crippen LogP contribution in [-0.4, -0.2) is 20.6 Å². The lowest BCUT2D eigenvalue weighted by Gasteiger charge is -2.13. The molecule has 0 heterocycles. The Morgan fingerprint density at radius 3 is 2.67 bits per heavy atom. The minimum atomic E-state index is 0.718. The summed E-state index contributed by atoms with van der Waals surface area (Å²) in [5.41, 5.74) is 16.3. The molecule has 0 saturated carbocycles. The van der Waals surface area contributed by atoms with Crippen LogP contribution in [0.3, 0.4) is 0 Å². The van der Waals surface area contributed by atoms with Crippen LogP contribution >= 0.6 is 0 Å². The largest absolute Gasteiger partial charge is 0.399 e. The van der Waals surface area contributed by atoms with Crippen LogP contribution in [-0.2, 0) is 0 Å². The highest BCUT2D eigenvalue weighted by Crippen LogP contribution is 2.18. The first-order valence-electron chi connectivity index (χ1n) is 6.89. The molecule has 0 aliphatic carbocycles. The molecule has 0 amide bonds. The fourth-order valence-corrected chi connectivity index (χ4v) is 1.99. The standard InChI is InChI=1S/C17H22N4/c1-21(2)16-7-3-6-15(12-16)20-10-4-5-13-11-14(18)8-9-17(13)19/h3-9,11-12,20H,10,18-19H2,1-2H3. The predicted molar refractivity (Wildman–Crippen MR) is 93.6 cm³/mol. The molecule has 2 rings (SSSR count). The maximum absolute atomic E-state index is 5.90. The van der Waals surface area contributed by atoms with Gasteiger partial charge in [-0.25, -0.2) is 0 Å². The van der Waals surface area contributed by atoms with Crippen LogP contribution in [0.15, 0.2) is 48.5 Å². The Balaban J connectivity index is 1.96. The van der Waals surface area contributed by atoms with E-state index in [-0.39, 0.29) is 0 Å². The van der Waals surface area contributed by atoms with Gasteiger partial charge in [0.1, 0.15) is 0 Å². The minimum absolute atomic E-state index is 0.718. The van der Waals surface area contributed by atoms with E-state index in [4.69, 9.17) is 11.5 Å². The van der Waals surface area contributed by atoms with Crippen LogP contribution in [0.5, 0.6) is 0 Å². The molecule has 0 bridgehead atoms. The molecule has 0 spiro atoms. The van der Waals surface area contributed by atoms with Crippen molar-refractivity contribution in [3.05, 3.63) is 54.1 Å². The monoisotopic (exact) mass is 282 g/mol. The number of anilines is 4. The van der Waals surface area contributed by atoms with Gasteiger partial charge in [0.25, 0.3) is 0 Å². The Labute approximate surface area is 126 Å². The molecule has 0 radical (unpaired) electrons. The maximum atomic E-state index is 5.90. The minimum Gasteiger partial charge on any atom is -0.399 e. The summed E-state index contributed by atoms with van der Waals surface area (Å²) in [5, 5.41) is 3.36. The van der Waals surface area contributed by atoms with Crippen molar-refractivity contribution in [2.24, 2.45) is 0 Å². The van der Waals surface area contributed by atoms with Gasteiger partial charge >= 0.3 is 0 Å². The number of rotatable bonds is 5. The molecule has 2 aromatic carbocycles. The van der Waals surface area contributed by atoms with Crippen molar-refractivity contribution in [3.63, 3.8) is 0 Å². The lowest BCUT2D eigenvalue weighted by atomic mass is 10.1. The normalized spacial score (nSPS) is 10.8. The second-order valence-electron chi connectivity index (χ2n) is 5.12. The van der Waals surface area contributed by atoms with Gasteiger partial charge in [0, 0.05) is 43.4 Å². The van der Waals surface area contributed by atoms with Crippen LogP contribution in [0.1, 0.15) is 5.56 Å². The SMILES string of the molecule is CN(C)c1cccc(NCC=Cc2cc(N)ccc2N)c1. The lowest BCUT2D eigenvalue weighted by Crippen LogP contribution is -2.09. The molecule has 0 aromatic heterocycles. The van der Waals surface area contributed by atoms with E-state index < -0.39 is 0 Å². The molecule has 0 aliphatic rings. The summed E-state index contributed by atoms with van der Waals surface area (Å²) >= 11 is 0. The van der Waals surface area contributed by atoms with E-state index >= 15 is 0 Å². The Hall–Kier alpha value is -2.62. The average Bonchev–Trinajstić information content (AvgIpc) is 2.47. The van der Waals surface area contributed by atoms with E-state index in [0.717, 1.165) is 29.2 Å². The van der Waals surface area contributed by atoms with Crippen molar-refractivity contribution < 1.29 is 0 Å². The van der Waals surface area contributed by atoms with Crippen molar-refractivity contribution in [2.75, 3.05) is 42.3 Å². The number of nitrogens with zero attached hydrogens (tertiary/aromatic N) is 1. The summed E-state index contributed by atoms with van der Waals surface area (Å²) in [6.45, 7) is 0.727. The number of nitrogen functional groups attached to an aromatic ring is 2. The van der Waals surface area contributed by atoms with Crippen molar-refractivity contribution >= 4 is 28.8 Å². The molecule has 0 atom stereocenters. The Morgan fingerprint density at radius 2 is 1.90 bits per heavy atom. The number of hydrogen-bond acceptors (Lipinski definition) is 4. The number of nitrogens with one attached hydrogen (secondary N) is 1. The Bertz CT molecular complexity index is 632. The van der Waals surface area contributed by atoms with E-state index in [1.807, 2.05) is 44.4 Å². The van der Waals surface area contributed by atoms with Crippen molar-refractivity contribution in [3.8, 4) is 0 Å². The van der Waals surface area contributed by atoms with Crippen LogP contribution in [0.4, 0.5) is 22.7 Å². The van der Waals surface area contributed by atoms with Gasteiger partial charge in [-0.1, -0.05) is 18.2 Å². The van der Waals surface area contributed by atoms with Crippen LogP contribution in [0, 0.1) is 0 Å². The predicted octanol–water partition coefficient (Wildman–Crippen LogP) is 3.04. The zero-order chi connectivity index (χ0) is 15.2. The average molecular weight is 282 g/mol. The van der Waals surface area contributed by atoms with Crippen LogP contribution in [0.2, 0.25) is 0 Å². The summed E-state index contributed by atoms with van der Waals surface area (Å²) in [6, 6.07) is 13.8. The van der Waals surface area contributed by atoms with E-state index in [2.05, 4.69) is 28.4 Å². The zero-order valence-electron chi connectivity index (χ0n) is 12.5. The Kier molecular flexibility index (Phi) is 4.72. The van der Waals surface area contributed by atoms with E-state index in [0.29, 0.717) is 0 Å². The first kappa shape index (κ1) is 14.8. The van der Waals surface area contributed by atoms with Crippen LogP contribution in [0.25, 0.3) is 6.08 Å². The zero-order valence-corrected chi connectivity index (χ0v) is 12.5. The summed E-state index contributed by atoms with van der Waals surface area (Å²) < 4.78 is 0. The molecule has 0 aliphatic heterocycles. The second-order valence-corrected chi connectivity index (χ2v) is 5.12. The summed E-state index contributed by atoms with van der Waals surface area (Å²) in [6.07, 6.45) is 4.02. The number of nitrogens with two attached hydrogens (primary N) is 2. The topological polar surface area (TPSA) is 67.3 Å².